The Bertz CT molecular complexity index is 815. The van der Waals surface area contributed by atoms with Crippen LogP contribution in [0.1, 0.15) is 11.5 Å². The highest BCUT2D eigenvalue weighted by Crippen LogP contribution is 2.17. The lowest BCUT2D eigenvalue weighted by Crippen LogP contribution is -2.30. The van der Waals surface area contributed by atoms with Crippen molar-refractivity contribution < 1.29 is 4.52 Å². The van der Waals surface area contributed by atoms with Crippen LogP contribution in [-0.2, 0) is 6.54 Å². The highest BCUT2D eigenvalue weighted by molar-refractivity contribution is 7.80. The maximum Gasteiger partial charge on any atom is 0.246 e. The van der Waals surface area contributed by atoms with Gasteiger partial charge in [-0.1, -0.05) is 53.2 Å². The Morgan fingerprint density at radius 3 is 2.54 bits per heavy atom. The van der Waals surface area contributed by atoms with Gasteiger partial charge in [0.2, 0.25) is 11.7 Å². The Morgan fingerprint density at radius 1 is 1.12 bits per heavy atom. The Kier molecular flexibility index (Phi) is 4.86. The molecule has 0 radical (unpaired) electrons. The molecule has 24 heavy (non-hydrogen) atoms. The predicted molar refractivity (Wildman–Crippen MR) is 98.6 cm³/mol. The topological polar surface area (TPSA) is 54.2 Å². The van der Waals surface area contributed by atoms with E-state index in [1.54, 1.807) is 0 Å². The van der Waals surface area contributed by atoms with Crippen LogP contribution >= 0.6 is 12.2 Å². The van der Waals surface area contributed by atoms with Crippen LogP contribution in [0, 0.1) is 6.92 Å². The summed E-state index contributed by atoms with van der Waals surface area (Å²) >= 11 is 5.40. The van der Waals surface area contributed by atoms with Crippen molar-refractivity contribution in [2.45, 2.75) is 13.5 Å². The summed E-state index contributed by atoms with van der Waals surface area (Å²) in [5.74, 6) is 1.10. The van der Waals surface area contributed by atoms with Gasteiger partial charge in [0.15, 0.2) is 5.11 Å². The Balaban J connectivity index is 1.63. The summed E-state index contributed by atoms with van der Waals surface area (Å²) < 4.78 is 5.33. The molecule has 122 valence electrons. The van der Waals surface area contributed by atoms with E-state index in [0.717, 1.165) is 11.3 Å². The number of benzene rings is 2. The summed E-state index contributed by atoms with van der Waals surface area (Å²) in [5.41, 5.74) is 3.07. The molecule has 3 rings (SSSR count). The minimum absolute atomic E-state index is 0.442. The molecule has 0 aliphatic carbocycles. The number of aromatic nitrogens is 2. The zero-order valence-corrected chi connectivity index (χ0v) is 14.4. The number of nitrogens with zero attached hydrogens (tertiary/aromatic N) is 3. The molecule has 0 fully saturated rings. The van der Waals surface area contributed by atoms with Crippen LogP contribution in [0.5, 0.6) is 0 Å². The van der Waals surface area contributed by atoms with E-state index in [1.165, 1.54) is 5.56 Å². The van der Waals surface area contributed by atoms with Crippen LogP contribution < -0.4 is 5.32 Å². The van der Waals surface area contributed by atoms with Crippen LogP contribution in [-0.4, -0.2) is 27.2 Å². The van der Waals surface area contributed by atoms with Crippen LogP contribution in [0.4, 0.5) is 5.69 Å². The summed E-state index contributed by atoms with van der Waals surface area (Å²) in [5, 5.41) is 7.80. The van der Waals surface area contributed by atoms with Gasteiger partial charge in [0.25, 0.3) is 0 Å². The van der Waals surface area contributed by atoms with Crippen LogP contribution in [0.2, 0.25) is 0 Å². The first-order valence-electron chi connectivity index (χ1n) is 7.58. The highest BCUT2D eigenvalue weighted by atomic mass is 32.1. The maximum atomic E-state index is 5.40. The minimum atomic E-state index is 0.442. The molecule has 1 N–H and O–H groups in total. The zero-order chi connectivity index (χ0) is 16.9. The summed E-state index contributed by atoms with van der Waals surface area (Å²) in [6.07, 6.45) is 0. The normalized spacial score (nSPS) is 10.4. The number of thiocarbonyl (C=S) groups is 1. The SMILES string of the molecule is Cc1ccc(-c2noc(CN(C)C(=S)Nc3ccccc3)n2)cc1. The lowest BCUT2D eigenvalue weighted by Gasteiger charge is -2.19. The summed E-state index contributed by atoms with van der Waals surface area (Å²) in [7, 11) is 1.88. The van der Waals surface area contributed by atoms with Gasteiger partial charge in [-0.25, -0.2) is 0 Å². The van der Waals surface area contributed by atoms with Gasteiger partial charge in [0, 0.05) is 18.3 Å². The van der Waals surface area contributed by atoms with E-state index >= 15 is 0 Å². The average molecular weight is 338 g/mol. The molecule has 0 atom stereocenters. The van der Waals surface area contributed by atoms with Gasteiger partial charge >= 0.3 is 0 Å². The first kappa shape index (κ1) is 16.1. The number of rotatable bonds is 4. The monoisotopic (exact) mass is 338 g/mol. The molecule has 3 aromatic rings. The van der Waals surface area contributed by atoms with E-state index in [4.69, 9.17) is 16.7 Å². The second-order valence-electron chi connectivity index (χ2n) is 5.53. The van der Waals surface area contributed by atoms with Crippen LogP contribution in [0.25, 0.3) is 11.4 Å². The van der Waals surface area contributed by atoms with Gasteiger partial charge in [-0.3, -0.25) is 0 Å². The molecule has 1 aromatic heterocycles. The fraction of sp³-hybridized carbons (Fsp3) is 0.167. The predicted octanol–water partition coefficient (Wildman–Crippen LogP) is 3.87. The molecule has 0 aliphatic heterocycles. The standard InChI is InChI=1S/C18H18N4OS/c1-13-8-10-14(11-9-13)17-20-16(23-21-17)12-22(2)18(24)19-15-6-4-3-5-7-15/h3-11H,12H2,1-2H3,(H,19,24). The molecule has 2 aromatic carbocycles. The molecular weight excluding hydrogens is 320 g/mol. The van der Waals surface area contributed by atoms with Gasteiger partial charge in [0.1, 0.15) is 0 Å². The molecule has 0 amide bonds. The molecule has 6 heteroatoms. The molecule has 5 nitrogen and oxygen atoms in total. The van der Waals surface area contributed by atoms with Crippen molar-refractivity contribution in [3.63, 3.8) is 0 Å². The highest BCUT2D eigenvalue weighted by Gasteiger charge is 2.12. The van der Waals surface area contributed by atoms with Gasteiger partial charge < -0.3 is 14.7 Å². The summed E-state index contributed by atoms with van der Waals surface area (Å²) in [6, 6.07) is 17.8. The molecule has 0 unspecified atom stereocenters. The Hall–Kier alpha value is -2.73. The second kappa shape index (κ2) is 7.23. The second-order valence-corrected chi connectivity index (χ2v) is 5.92. The smallest absolute Gasteiger partial charge is 0.246 e. The fourth-order valence-electron chi connectivity index (χ4n) is 2.15. The lowest BCUT2D eigenvalue weighted by atomic mass is 10.1. The number of anilines is 1. The molecule has 0 saturated carbocycles. The number of hydrogen-bond acceptors (Lipinski definition) is 4. The first-order chi connectivity index (χ1) is 11.6. The van der Waals surface area contributed by atoms with Gasteiger partial charge in [0.05, 0.1) is 6.54 Å². The largest absolute Gasteiger partial charge is 0.343 e. The Labute approximate surface area is 146 Å². The number of aryl methyl sites for hydroxylation is 1. The van der Waals surface area contributed by atoms with Crippen molar-refractivity contribution in [1.29, 1.82) is 0 Å². The zero-order valence-electron chi connectivity index (χ0n) is 13.6. The molecular formula is C18H18N4OS. The van der Waals surface area contributed by atoms with E-state index in [-0.39, 0.29) is 0 Å². The van der Waals surface area contributed by atoms with E-state index in [2.05, 4.69) is 15.5 Å². The molecule has 0 bridgehead atoms. The third kappa shape index (κ3) is 3.97. The van der Waals surface area contributed by atoms with Gasteiger partial charge in [-0.05, 0) is 31.3 Å². The Morgan fingerprint density at radius 2 is 1.83 bits per heavy atom. The van der Waals surface area contributed by atoms with Gasteiger partial charge in [-0.2, -0.15) is 4.98 Å². The summed E-state index contributed by atoms with van der Waals surface area (Å²) in [6.45, 7) is 2.48. The molecule has 0 spiro atoms. The van der Waals surface area contributed by atoms with Crippen molar-refractivity contribution in [3.05, 3.63) is 66.1 Å². The fourth-order valence-corrected chi connectivity index (χ4v) is 2.34. The van der Waals surface area contributed by atoms with Crippen LogP contribution in [0.3, 0.4) is 0 Å². The molecule has 0 aliphatic rings. The number of para-hydroxylation sites is 1. The van der Waals surface area contributed by atoms with Crippen molar-refractivity contribution in [2.24, 2.45) is 0 Å². The molecule has 1 heterocycles. The quantitative estimate of drug-likeness (QED) is 0.729. The average Bonchev–Trinajstić information content (AvgIpc) is 3.05. The minimum Gasteiger partial charge on any atom is -0.343 e. The van der Waals surface area contributed by atoms with E-state index in [1.807, 2.05) is 73.5 Å². The van der Waals surface area contributed by atoms with E-state index in [9.17, 15) is 0 Å². The van der Waals surface area contributed by atoms with Crippen molar-refractivity contribution in [2.75, 3.05) is 12.4 Å². The maximum absolute atomic E-state index is 5.40. The van der Waals surface area contributed by atoms with Gasteiger partial charge in [-0.15, -0.1) is 0 Å². The number of hydrogen-bond donors (Lipinski definition) is 1. The van der Waals surface area contributed by atoms with Crippen molar-refractivity contribution in [3.8, 4) is 11.4 Å². The van der Waals surface area contributed by atoms with Crippen molar-refractivity contribution >= 4 is 23.0 Å². The van der Waals surface area contributed by atoms with E-state index in [0.29, 0.717) is 23.4 Å². The third-order valence-corrected chi connectivity index (χ3v) is 3.94. The summed E-state index contributed by atoms with van der Waals surface area (Å²) in [4.78, 5) is 6.29. The lowest BCUT2D eigenvalue weighted by molar-refractivity contribution is 0.336. The number of nitrogens with one attached hydrogen (secondary N) is 1. The first-order valence-corrected chi connectivity index (χ1v) is 7.99. The third-order valence-electron chi connectivity index (χ3n) is 3.52. The van der Waals surface area contributed by atoms with Crippen molar-refractivity contribution in [1.82, 2.24) is 15.0 Å². The molecule has 0 saturated heterocycles. The van der Waals surface area contributed by atoms with E-state index < -0.39 is 0 Å². The van der Waals surface area contributed by atoms with Crippen LogP contribution in [0.15, 0.2) is 59.1 Å².